The molecular formula is C31H64N2O. The SMILES string of the molecule is CCCCCCCCCCCCCCCCCCN1CCCCC1CCOCCCCN(C)C. The molecule has 0 aliphatic carbocycles. The molecule has 0 aromatic heterocycles. The lowest BCUT2D eigenvalue weighted by molar-refractivity contribution is 0.0771. The number of unbranched alkanes of at least 4 members (excludes halogenated alkanes) is 16. The van der Waals surface area contributed by atoms with Crippen LogP contribution in [0.1, 0.15) is 148 Å². The maximum Gasteiger partial charge on any atom is 0.0480 e. The lowest BCUT2D eigenvalue weighted by atomic mass is 9.99. The highest BCUT2D eigenvalue weighted by Gasteiger charge is 2.21. The van der Waals surface area contributed by atoms with Crippen LogP contribution in [-0.2, 0) is 4.74 Å². The lowest BCUT2D eigenvalue weighted by Crippen LogP contribution is -2.40. The van der Waals surface area contributed by atoms with E-state index in [4.69, 9.17) is 4.74 Å². The summed E-state index contributed by atoms with van der Waals surface area (Å²) in [5.74, 6) is 0. The van der Waals surface area contributed by atoms with Gasteiger partial charge in [-0.05, 0) is 72.3 Å². The van der Waals surface area contributed by atoms with Crippen LogP contribution in [0.15, 0.2) is 0 Å². The molecule has 1 fully saturated rings. The van der Waals surface area contributed by atoms with E-state index < -0.39 is 0 Å². The molecule has 0 N–H and O–H groups in total. The third-order valence-electron chi connectivity index (χ3n) is 7.79. The third-order valence-corrected chi connectivity index (χ3v) is 7.79. The second-order valence-electron chi connectivity index (χ2n) is 11.4. The van der Waals surface area contributed by atoms with E-state index in [0.29, 0.717) is 0 Å². The Bertz CT molecular complexity index is 401. The molecule has 1 heterocycles. The fraction of sp³-hybridized carbons (Fsp3) is 1.00. The van der Waals surface area contributed by atoms with E-state index in [1.165, 1.54) is 161 Å². The van der Waals surface area contributed by atoms with Crippen LogP contribution in [0.3, 0.4) is 0 Å². The van der Waals surface area contributed by atoms with E-state index in [9.17, 15) is 0 Å². The maximum atomic E-state index is 5.96. The third kappa shape index (κ3) is 20.1. The van der Waals surface area contributed by atoms with Crippen LogP contribution < -0.4 is 0 Å². The molecule has 1 aliphatic rings. The van der Waals surface area contributed by atoms with Gasteiger partial charge < -0.3 is 14.5 Å². The number of nitrogens with zero attached hydrogens (tertiary/aromatic N) is 2. The van der Waals surface area contributed by atoms with Crippen LogP contribution in [0.2, 0.25) is 0 Å². The fourth-order valence-electron chi connectivity index (χ4n) is 5.50. The number of likely N-dealkylation sites (tertiary alicyclic amines) is 1. The molecule has 0 aromatic rings. The van der Waals surface area contributed by atoms with Gasteiger partial charge in [-0.25, -0.2) is 0 Å². The summed E-state index contributed by atoms with van der Waals surface area (Å²) < 4.78 is 5.96. The van der Waals surface area contributed by atoms with Crippen LogP contribution in [0, 0.1) is 0 Å². The van der Waals surface area contributed by atoms with Gasteiger partial charge in [0, 0.05) is 19.3 Å². The van der Waals surface area contributed by atoms with Crippen LogP contribution in [0.5, 0.6) is 0 Å². The van der Waals surface area contributed by atoms with Crippen LogP contribution in [0.4, 0.5) is 0 Å². The van der Waals surface area contributed by atoms with Crippen molar-refractivity contribution in [2.24, 2.45) is 0 Å². The molecule has 1 aliphatic heterocycles. The lowest BCUT2D eigenvalue weighted by Gasteiger charge is -2.35. The van der Waals surface area contributed by atoms with Crippen LogP contribution >= 0.6 is 0 Å². The molecule has 3 nitrogen and oxygen atoms in total. The molecule has 0 radical (unpaired) electrons. The molecule has 34 heavy (non-hydrogen) atoms. The molecule has 0 bridgehead atoms. The molecular weight excluding hydrogens is 416 g/mol. The first kappa shape index (κ1) is 31.9. The Hall–Kier alpha value is -0.120. The molecule has 1 atom stereocenters. The van der Waals surface area contributed by atoms with Gasteiger partial charge >= 0.3 is 0 Å². The molecule has 3 heteroatoms. The standard InChI is InChI=1S/C31H64N2O/c1-4-5-6-7-8-9-10-11-12-13-14-15-16-17-18-20-27-33-28-21-19-24-31(33)25-30-34-29-23-22-26-32(2)3/h31H,4-30H2,1-3H3. The van der Waals surface area contributed by atoms with Gasteiger partial charge in [0.25, 0.3) is 0 Å². The van der Waals surface area contributed by atoms with Crippen molar-refractivity contribution in [2.45, 2.75) is 154 Å². The van der Waals surface area contributed by atoms with Gasteiger partial charge in [-0.3, -0.25) is 0 Å². The second kappa shape index (κ2) is 24.6. The van der Waals surface area contributed by atoms with Crippen LogP contribution in [-0.4, -0.2) is 62.8 Å². The molecule has 0 saturated carbocycles. The Labute approximate surface area is 215 Å². The van der Waals surface area contributed by atoms with Gasteiger partial charge in [0.2, 0.25) is 0 Å². The number of rotatable bonds is 25. The number of ether oxygens (including phenoxy) is 1. The first-order valence-electron chi connectivity index (χ1n) is 15.7. The summed E-state index contributed by atoms with van der Waals surface area (Å²) in [4.78, 5) is 5.06. The first-order valence-corrected chi connectivity index (χ1v) is 15.7. The highest BCUT2D eigenvalue weighted by molar-refractivity contribution is 4.76. The Balaban J connectivity index is 1.87. The van der Waals surface area contributed by atoms with E-state index in [0.717, 1.165) is 19.3 Å². The molecule has 1 rings (SSSR count). The second-order valence-corrected chi connectivity index (χ2v) is 11.4. The minimum Gasteiger partial charge on any atom is -0.381 e. The zero-order valence-corrected chi connectivity index (χ0v) is 24.0. The van der Waals surface area contributed by atoms with Gasteiger partial charge in [0.1, 0.15) is 0 Å². The van der Waals surface area contributed by atoms with Crippen molar-refractivity contribution in [1.82, 2.24) is 9.80 Å². The van der Waals surface area contributed by atoms with Crippen molar-refractivity contribution in [2.75, 3.05) is 46.9 Å². The van der Waals surface area contributed by atoms with Crippen molar-refractivity contribution in [3.05, 3.63) is 0 Å². The number of hydrogen-bond acceptors (Lipinski definition) is 3. The van der Waals surface area contributed by atoms with Crippen molar-refractivity contribution >= 4 is 0 Å². The van der Waals surface area contributed by atoms with E-state index in [1.54, 1.807) is 0 Å². The van der Waals surface area contributed by atoms with Crippen molar-refractivity contribution in [3.8, 4) is 0 Å². The summed E-state index contributed by atoms with van der Waals surface area (Å²) >= 11 is 0. The van der Waals surface area contributed by atoms with Crippen LogP contribution in [0.25, 0.3) is 0 Å². The summed E-state index contributed by atoms with van der Waals surface area (Å²) in [6.45, 7) is 8.04. The Morgan fingerprint density at radius 2 is 1.21 bits per heavy atom. The summed E-state index contributed by atoms with van der Waals surface area (Å²) in [6.07, 6.45) is 31.2. The average Bonchev–Trinajstić information content (AvgIpc) is 2.83. The smallest absolute Gasteiger partial charge is 0.0480 e. The van der Waals surface area contributed by atoms with Gasteiger partial charge in [-0.1, -0.05) is 110 Å². The summed E-state index contributed by atoms with van der Waals surface area (Å²) in [5, 5.41) is 0. The predicted molar refractivity (Wildman–Crippen MR) is 152 cm³/mol. The molecule has 0 amide bonds. The Morgan fingerprint density at radius 3 is 1.76 bits per heavy atom. The zero-order chi connectivity index (χ0) is 24.5. The van der Waals surface area contributed by atoms with Gasteiger partial charge in [-0.15, -0.1) is 0 Å². The largest absolute Gasteiger partial charge is 0.381 e. The van der Waals surface area contributed by atoms with Crippen molar-refractivity contribution in [3.63, 3.8) is 0 Å². The quantitative estimate of drug-likeness (QED) is 0.121. The molecule has 204 valence electrons. The zero-order valence-electron chi connectivity index (χ0n) is 24.0. The normalized spacial score (nSPS) is 17.1. The summed E-state index contributed by atoms with van der Waals surface area (Å²) in [6, 6.07) is 0.784. The highest BCUT2D eigenvalue weighted by Crippen LogP contribution is 2.21. The van der Waals surface area contributed by atoms with E-state index >= 15 is 0 Å². The first-order chi connectivity index (χ1) is 16.7. The van der Waals surface area contributed by atoms with E-state index in [2.05, 4.69) is 30.8 Å². The maximum absolute atomic E-state index is 5.96. The average molecular weight is 481 g/mol. The number of piperidine rings is 1. The molecule has 0 aromatic carbocycles. The topological polar surface area (TPSA) is 15.7 Å². The van der Waals surface area contributed by atoms with Gasteiger partial charge in [-0.2, -0.15) is 0 Å². The Kier molecular flexibility index (Phi) is 23.1. The highest BCUT2D eigenvalue weighted by atomic mass is 16.5. The summed E-state index contributed by atoms with van der Waals surface area (Å²) in [5.41, 5.74) is 0. The predicted octanol–water partition coefficient (Wildman–Crippen LogP) is 8.85. The van der Waals surface area contributed by atoms with E-state index in [1.807, 2.05) is 0 Å². The molecule has 1 saturated heterocycles. The van der Waals surface area contributed by atoms with Crippen molar-refractivity contribution in [1.29, 1.82) is 0 Å². The van der Waals surface area contributed by atoms with Gasteiger partial charge in [0.05, 0.1) is 0 Å². The monoisotopic (exact) mass is 481 g/mol. The minimum atomic E-state index is 0.784. The van der Waals surface area contributed by atoms with Crippen molar-refractivity contribution < 1.29 is 4.74 Å². The van der Waals surface area contributed by atoms with E-state index in [-0.39, 0.29) is 0 Å². The summed E-state index contributed by atoms with van der Waals surface area (Å²) in [7, 11) is 4.30. The Morgan fingerprint density at radius 1 is 0.647 bits per heavy atom. The molecule has 0 spiro atoms. The number of hydrogen-bond donors (Lipinski definition) is 0. The fourth-order valence-corrected chi connectivity index (χ4v) is 5.50. The van der Waals surface area contributed by atoms with Gasteiger partial charge in [0.15, 0.2) is 0 Å². The minimum absolute atomic E-state index is 0.784. The molecule has 1 unspecified atom stereocenters.